The van der Waals surface area contributed by atoms with Gasteiger partial charge in [0.05, 0.1) is 0 Å². The topological polar surface area (TPSA) is 26.0 Å². The first-order valence-electron chi connectivity index (χ1n) is 5.43. The van der Waals surface area contributed by atoms with Crippen molar-refractivity contribution >= 4 is 10.8 Å². The van der Waals surface area contributed by atoms with Gasteiger partial charge in [-0.15, -0.1) is 0 Å². The molecule has 1 heteroatoms. The van der Waals surface area contributed by atoms with Crippen molar-refractivity contribution in [3.05, 3.63) is 48.0 Å². The van der Waals surface area contributed by atoms with E-state index in [1.165, 1.54) is 16.3 Å². The summed E-state index contributed by atoms with van der Waals surface area (Å²) in [5.74, 6) is 0.478. The van der Waals surface area contributed by atoms with Gasteiger partial charge >= 0.3 is 0 Å². The molecular weight excluding hydrogens is 182 g/mol. The number of benzene rings is 2. The summed E-state index contributed by atoms with van der Waals surface area (Å²) in [6, 6.07) is 15.0. The van der Waals surface area contributed by atoms with Gasteiger partial charge in [0.25, 0.3) is 0 Å². The van der Waals surface area contributed by atoms with Crippen molar-refractivity contribution in [1.82, 2.24) is 0 Å². The van der Waals surface area contributed by atoms with Crippen LogP contribution in [0.1, 0.15) is 25.5 Å². The van der Waals surface area contributed by atoms with E-state index in [1.807, 2.05) is 0 Å². The second-order valence-corrected chi connectivity index (χ2v) is 4.38. The van der Waals surface area contributed by atoms with E-state index >= 15 is 0 Å². The standard InChI is InChI=1S/C14H17N/c1-10(2)14(15)13-8-7-11-5-3-4-6-12(11)9-13/h3-10,14H,15H2,1-2H3. The number of hydrogen-bond acceptors (Lipinski definition) is 1. The van der Waals surface area contributed by atoms with Gasteiger partial charge in [-0.3, -0.25) is 0 Å². The van der Waals surface area contributed by atoms with Crippen LogP contribution in [0, 0.1) is 5.92 Å². The molecule has 0 aliphatic heterocycles. The van der Waals surface area contributed by atoms with Crippen LogP contribution in [0.4, 0.5) is 0 Å². The summed E-state index contributed by atoms with van der Waals surface area (Å²) in [5.41, 5.74) is 7.35. The minimum absolute atomic E-state index is 0.134. The predicted molar refractivity (Wildman–Crippen MR) is 65.7 cm³/mol. The summed E-state index contributed by atoms with van der Waals surface area (Å²) in [6.07, 6.45) is 0. The third-order valence-electron chi connectivity index (χ3n) is 2.88. The van der Waals surface area contributed by atoms with E-state index in [0.29, 0.717) is 5.92 Å². The highest BCUT2D eigenvalue weighted by Crippen LogP contribution is 2.23. The first-order valence-corrected chi connectivity index (χ1v) is 5.43. The molecule has 15 heavy (non-hydrogen) atoms. The zero-order valence-corrected chi connectivity index (χ0v) is 9.27. The molecule has 0 spiro atoms. The second kappa shape index (κ2) is 4.03. The Labute approximate surface area is 90.9 Å². The molecule has 0 aliphatic carbocycles. The van der Waals surface area contributed by atoms with E-state index in [0.717, 1.165) is 0 Å². The van der Waals surface area contributed by atoms with Gasteiger partial charge in [0.1, 0.15) is 0 Å². The van der Waals surface area contributed by atoms with Gasteiger partial charge in [-0.05, 0) is 28.3 Å². The summed E-state index contributed by atoms with van der Waals surface area (Å²) < 4.78 is 0. The lowest BCUT2D eigenvalue weighted by Gasteiger charge is -2.16. The zero-order chi connectivity index (χ0) is 10.8. The van der Waals surface area contributed by atoms with E-state index in [9.17, 15) is 0 Å². The van der Waals surface area contributed by atoms with Crippen molar-refractivity contribution in [3.63, 3.8) is 0 Å². The fraction of sp³-hybridized carbons (Fsp3) is 0.286. The highest BCUT2D eigenvalue weighted by Gasteiger charge is 2.10. The van der Waals surface area contributed by atoms with E-state index in [4.69, 9.17) is 5.73 Å². The van der Waals surface area contributed by atoms with Crippen LogP contribution in [0.5, 0.6) is 0 Å². The molecule has 0 bridgehead atoms. The van der Waals surface area contributed by atoms with Gasteiger partial charge in [0.15, 0.2) is 0 Å². The number of rotatable bonds is 2. The molecule has 0 saturated heterocycles. The number of nitrogens with two attached hydrogens (primary N) is 1. The lowest BCUT2D eigenvalue weighted by molar-refractivity contribution is 0.515. The molecule has 1 atom stereocenters. The summed E-state index contributed by atoms with van der Waals surface area (Å²) >= 11 is 0. The Morgan fingerprint density at radius 1 is 0.933 bits per heavy atom. The molecular formula is C14H17N. The van der Waals surface area contributed by atoms with Gasteiger partial charge in [-0.1, -0.05) is 50.2 Å². The molecule has 2 N–H and O–H groups in total. The van der Waals surface area contributed by atoms with Gasteiger partial charge in [-0.25, -0.2) is 0 Å². The molecule has 1 nitrogen and oxygen atoms in total. The molecule has 0 aliphatic rings. The quantitative estimate of drug-likeness (QED) is 0.787. The molecule has 0 saturated carbocycles. The van der Waals surface area contributed by atoms with Crippen molar-refractivity contribution in [2.24, 2.45) is 11.7 Å². The van der Waals surface area contributed by atoms with E-state index in [1.54, 1.807) is 0 Å². The van der Waals surface area contributed by atoms with Gasteiger partial charge in [-0.2, -0.15) is 0 Å². The Morgan fingerprint density at radius 2 is 1.60 bits per heavy atom. The van der Waals surface area contributed by atoms with E-state index in [2.05, 4.69) is 56.3 Å². The lowest BCUT2D eigenvalue weighted by Crippen LogP contribution is -2.16. The van der Waals surface area contributed by atoms with Gasteiger partial charge in [0, 0.05) is 6.04 Å². The van der Waals surface area contributed by atoms with Crippen LogP contribution in [0.2, 0.25) is 0 Å². The molecule has 0 heterocycles. The Balaban J connectivity index is 2.47. The van der Waals surface area contributed by atoms with Gasteiger partial charge < -0.3 is 5.73 Å². The summed E-state index contributed by atoms with van der Waals surface area (Å²) in [5, 5.41) is 2.54. The Hall–Kier alpha value is -1.34. The summed E-state index contributed by atoms with van der Waals surface area (Å²) in [6.45, 7) is 4.31. The molecule has 0 radical (unpaired) electrons. The maximum absolute atomic E-state index is 6.13. The molecule has 0 aromatic heterocycles. The molecule has 2 aromatic rings. The van der Waals surface area contributed by atoms with Crippen LogP contribution in [0.3, 0.4) is 0 Å². The third kappa shape index (κ3) is 2.02. The van der Waals surface area contributed by atoms with Crippen LogP contribution >= 0.6 is 0 Å². The van der Waals surface area contributed by atoms with Crippen molar-refractivity contribution in [1.29, 1.82) is 0 Å². The molecule has 0 amide bonds. The van der Waals surface area contributed by atoms with Crippen LogP contribution in [0.15, 0.2) is 42.5 Å². The lowest BCUT2D eigenvalue weighted by atomic mass is 9.95. The van der Waals surface area contributed by atoms with E-state index < -0.39 is 0 Å². The Kier molecular flexibility index (Phi) is 2.74. The predicted octanol–water partition coefficient (Wildman–Crippen LogP) is 3.50. The van der Waals surface area contributed by atoms with Crippen LogP contribution in [0.25, 0.3) is 10.8 Å². The normalized spacial score (nSPS) is 13.3. The highest BCUT2D eigenvalue weighted by atomic mass is 14.6. The van der Waals surface area contributed by atoms with Crippen molar-refractivity contribution in [3.8, 4) is 0 Å². The average molecular weight is 199 g/mol. The third-order valence-corrected chi connectivity index (χ3v) is 2.88. The van der Waals surface area contributed by atoms with Gasteiger partial charge in [0.2, 0.25) is 0 Å². The molecule has 2 aromatic carbocycles. The smallest absolute Gasteiger partial charge is 0.0318 e. The fourth-order valence-corrected chi connectivity index (χ4v) is 1.80. The fourth-order valence-electron chi connectivity index (χ4n) is 1.80. The van der Waals surface area contributed by atoms with Crippen LogP contribution in [-0.4, -0.2) is 0 Å². The zero-order valence-electron chi connectivity index (χ0n) is 9.27. The maximum Gasteiger partial charge on any atom is 0.0318 e. The Bertz CT molecular complexity index is 460. The minimum atomic E-state index is 0.134. The second-order valence-electron chi connectivity index (χ2n) is 4.38. The largest absolute Gasteiger partial charge is 0.324 e. The minimum Gasteiger partial charge on any atom is -0.324 e. The van der Waals surface area contributed by atoms with E-state index in [-0.39, 0.29) is 6.04 Å². The van der Waals surface area contributed by atoms with Crippen molar-refractivity contribution in [2.75, 3.05) is 0 Å². The average Bonchev–Trinajstić information content (AvgIpc) is 2.27. The summed E-state index contributed by atoms with van der Waals surface area (Å²) in [7, 11) is 0. The molecule has 0 fully saturated rings. The first-order chi connectivity index (χ1) is 7.18. The monoisotopic (exact) mass is 199 g/mol. The van der Waals surface area contributed by atoms with Crippen LogP contribution in [-0.2, 0) is 0 Å². The molecule has 1 unspecified atom stereocenters. The number of fused-ring (bicyclic) bond motifs is 1. The number of hydrogen-bond donors (Lipinski definition) is 1. The molecule has 78 valence electrons. The maximum atomic E-state index is 6.13. The van der Waals surface area contributed by atoms with Crippen molar-refractivity contribution < 1.29 is 0 Å². The summed E-state index contributed by atoms with van der Waals surface area (Å²) in [4.78, 5) is 0. The SMILES string of the molecule is CC(C)C(N)c1ccc2ccccc2c1. The van der Waals surface area contributed by atoms with Crippen LogP contribution < -0.4 is 5.73 Å². The highest BCUT2D eigenvalue weighted by molar-refractivity contribution is 5.83. The first kappa shape index (κ1) is 10.2. The Morgan fingerprint density at radius 3 is 2.27 bits per heavy atom. The van der Waals surface area contributed by atoms with Crippen molar-refractivity contribution in [2.45, 2.75) is 19.9 Å². The molecule has 2 rings (SSSR count).